The molecule has 0 spiro atoms. The highest BCUT2D eigenvalue weighted by Crippen LogP contribution is 2.21. The van der Waals surface area contributed by atoms with Crippen molar-refractivity contribution in [1.29, 1.82) is 0 Å². The van der Waals surface area contributed by atoms with Crippen molar-refractivity contribution in [2.24, 2.45) is 0 Å². The number of carbonyl (C=O) groups is 2. The van der Waals surface area contributed by atoms with Crippen molar-refractivity contribution in [2.75, 3.05) is 6.54 Å². The summed E-state index contributed by atoms with van der Waals surface area (Å²) in [5.74, 6) is -0.999. The van der Waals surface area contributed by atoms with Gasteiger partial charge in [0.15, 0.2) is 0 Å². The number of aliphatic carboxylic acids is 1. The zero-order valence-corrected chi connectivity index (χ0v) is 12.2. The molecule has 108 valence electrons. The molecular weight excluding hydrogens is 278 g/mol. The molecule has 2 rings (SSSR count). The van der Waals surface area contributed by atoms with Gasteiger partial charge in [-0.2, -0.15) is 0 Å². The molecule has 1 unspecified atom stereocenters. The molecule has 1 fully saturated rings. The third-order valence-electron chi connectivity index (χ3n) is 3.72. The fourth-order valence-electron chi connectivity index (χ4n) is 2.51. The molecule has 1 aliphatic heterocycles. The number of carboxylic acids is 1. The summed E-state index contributed by atoms with van der Waals surface area (Å²) < 4.78 is 0. The molecule has 0 aliphatic carbocycles. The quantitative estimate of drug-likeness (QED) is 0.929. The van der Waals surface area contributed by atoms with Crippen LogP contribution in [0, 0.1) is 6.92 Å². The average molecular weight is 296 g/mol. The number of rotatable bonds is 4. The number of likely N-dealkylation sites (tertiary alicyclic amines) is 1. The number of carbonyl (C=O) groups excluding carboxylic acids is 1. The topological polar surface area (TPSA) is 57.6 Å². The highest BCUT2D eigenvalue weighted by atomic mass is 35.5. The maximum Gasteiger partial charge on any atom is 0.326 e. The van der Waals surface area contributed by atoms with Crippen LogP contribution in [-0.4, -0.2) is 34.5 Å². The maximum atomic E-state index is 12.1. The minimum atomic E-state index is -0.908. The van der Waals surface area contributed by atoms with E-state index in [4.69, 9.17) is 16.7 Å². The second-order valence-corrected chi connectivity index (χ2v) is 5.57. The van der Waals surface area contributed by atoms with E-state index < -0.39 is 12.0 Å². The van der Waals surface area contributed by atoms with Crippen molar-refractivity contribution in [3.63, 3.8) is 0 Å². The van der Waals surface area contributed by atoms with Gasteiger partial charge < -0.3 is 10.0 Å². The van der Waals surface area contributed by atoms with Gasteiger partial charge >= 0.3 is 5.97 Å². The first-order valence-electron chi connectivity index (χ1n) is 6.76. The van der Waals surface area contributed by atoms with Crippen LogP contribution < -0.4 is 0 Å². The Labute approximate surface area is 123 Å². The predicted octanol–water partition coefficient (Wildman–Crippen LogP) is 2.66. The third-order valence-corrected chi connectivity index (χ3v) is 4.13. The van der Waals surface area contributed by atoms with Crippen LogP contribution >= 0.6 is 11.6 Å². The summed E-state index contributed by atoms with van der Waals surface area (Å²) in [5, 5.41) is 9.77. The number of halogens is 1. The van der Waals surface area contributed by atoms with E-state index in [1.807, 2.05) is 25.1 Å². The van der Waals surface area contributed by atoms with Gasteiger partial charge in [0.2, 0.25) is 5.91 Å². The number of benzene rings is 1. The lowest BCUT2D eigenvalue weighted by atomic mass is 10.1. The predicted molar refractivity (Wildman–Crippen MR) is 76.9 cm³/mol. The van der Waals surface area contributed by atoms with Crippen LogP contribution in [0.25, 0.3) is 0 Å². The van der Waals surface area contributed by atoms with E-state index in [1.54, 1.807) is 0 Å². The Morgan fingerprint density at radius 2 is 2.20 bits per heavy atom. The molecule has 1 saturated heterocycles. The number of aryl methyl sites for hydroxylation is 2. The molecule has 1 aromatic carbocycles. The summed E-state index contributed by atoms with van der Waals surface area (Å²) in [4.78, 5) is 24.7. The lowest BCUT2D eigenvalue weighted by molar-refractivity contribution is -0.148. The van der Waals surface area contributed by atoms with Crippen molar-refractivity contribution in [1.82, 2.24) is 4.90 Å². The molecule has 0 bridgehead atoms. The second-order valence-electron chi connectivity index (χ2n) is 5.17. The number of hydrogen-bond acceptors (Lipinski definition) is 2. The summed E-state index contributed by atoms with van der Waals surface area (Å²) in [5.41, 5.74) is 2.01. The monoisotopic (exact) mass is 295 g/mol. The van der Waals surface area contributed by atoms with Gasteiger partial charge in [-0.25, -0.2) is 4.79 Å². The lowest BCUT2D eigenvalue weighted by Gasteiger charge is -2.21. The van der Waals surface area contributed by atoms with Crippen LogP contribution in [-0.2, 0) is 16.0 Å². The van der Waals surface area contributed by atoms with Crippen LogP contribution in [0.2, 0.25) is 5.02 Å². The van der Waals surface area contributed by atoms with Crippen LogP contribution in [0.15, 0.2) is 18.2 Å². The standard InChI is InChI=1S/C15H18ClNO3/c1-10-4-5-11(9-12(10)16)6-7-14(18)17-8-2-3-13(17)15(19)20/h4-5,9,13H,2-3,6-8H2,1H3,(H,19,20). The second kappa shape index (κ2) is 6.27. The highest BCUT2D eigenvalue weighted by Gasteiger charge is 2.33. The Morgan fingerprint density at radius 1 is 1.45 bits per heavy atom. The van der Waals surface area contributed by atoms with Gasteiger partial charge in [0.05, 0.1) is 0 Å². The van der Waals surface area contributed by atoms with Crippen molar-refractivity contribution >= 4 is 23.5 Å². The molecule has 1 heterocycles. The van der Waals surface area contributed by atoms with E-state index in [1.165, 1.54) is 4.90 Å². The van der Waals surface area contributed by atoms with Gasteiger partial charge in [-0.05, 0) is 43.4 Å². The van der Waals surface area contributed by atoms with Crippen LogP contribution in [0.1, 0.15) is 30.4 Å². The number of amides is 1. The molecule has 1 amide bonds. The number of hydrogen-bond donors (Lipinski definition) is 1. The largest absolute Gasteiger partial charge is 0.480 e. The first-order valence-corrected chi connectivity index (χ1v) is 7.14. The summed E-state index contributed by atoms with van der Waals surface area (Å²) in [6.45, 7) is 2.48. The molecule has 5 heteroatoms. The number of nitrogens with zero attached hydrogens (tertiary/aromatic N) is 1. The Bertz CT molecular complexity index is 530. The van der Waals surface area contributed by atoms with Gasteiger partial charge in [-0.3, -0.25) is 4.79 Å². The van der Waals surface area contributed by atoms with Gasteiger partial charge in [0, 0.05) is 18.0 Å². The average Bonchev–Trinajstić information content (AvgIpc) is 2.89. The molecule has 1 atom stereocenters. The summed E-state index contributed by atoms with van der Waals surface area (Å²) in [7, 11) is 0. The molecule has 0 radical (unpaired) electrons. The molecule has 0 saturated carbocycles. The van der Waals surface area contributed by atoms with Gasteiger partial charge in [-0.15, -0.1) is 0 Å². The van der Waals surface area contributed by atoms with E-state index in [-0.39, 0.29) is 5.91 Å². The van der Waals surface area contributed by atoms with Crippen molar-refractivity contribution in [3.8, 4) is 0 Å². The highest BCUT2D eigenvalue weighted by molar-refractivity contribution is 6.31. The van der Waals surface area contributed by atoms with Crippen LogP contribution in [0.3, 0.4) is 0 Å². The molecule has 0 aromatic heterocycles. The van der Waals surface area contributed by atoms with Crippen molar-refractivity contribution in [2.45, 2.75) is 38.6 Å². The summed E-state index contributed by atoms with van der Waals surface area (Å²) in [6, 6.07) is 5.10. The number of carboxylic acid groups (broad SMARTS) is 1. The van der Waals surface area contributed by atoms with E-state index in [0.29, 0.717) is 30.8 Å². The van der Waals surface area contributed by atoms with Gasteiger partial charge in [-0.1, -0.05) is 23.7 Å². The van der Waals surface area contributed by atoms with E-state index in [0.717, 1.165) is 17.5 Å². The Morgan fingerprint density at radius 3 is 2.85 bits per heavy atom. The Hall–Kier alpha value is -1.55. The lowest BCUT2D eigenvalue weighted by Crippen LogP contribution is -2.40. The molecule has 1 N–H and O–H groups in total. The first-order chi connectivity index (χ1) is 9.49. The maximum absolute atomic E-state index is 12.1. The van der Waals surface area contributed by atoms with Gasteiger partial charge in [0.25, 0.3) is 0 Å². The zero-order valence-electron chi connectivity index (χ0n) is 11.4. The fourth-order valence-corrected chi connectivity index (χ4v) is 2.71. The summed E-state index contributed by atoms with van der Waals surface area (Å²) >= 11 is 6.05. The molecule has 1 aliphatic rings. The minimum absolute atomic E-state index is 0.0911. The van der Waals surface area contributed by atoms with E-state index >= 15 is 0 Å². The van der Waals surface area contributed by atoms with Gasteiger partial charge in [0.1, 0.15) is 6.04 Å². The molecule has 1 aromatic rings. The third kappa shape index (κ3) is 3.31. The molecule has 4 nitrogen and oxygen atoms in total. The zero-order chi connectivity index (χ0) is 14.7. The minimum Gasteiger partial charge on any atom is -0.480 e. The fraction of sp³-hybridized carbons (Fsp3) is 0.467. The van der Waals surface area contributed by atoms with Crippen molar-refractivity contribution < 1.29 is 14.7 Å². The molecule has 20 heavy (non-hydrogen) atoms. The summed E-state index contributed by atoms with van der Waals surface area (Å²) in [6.07, 6.45) is 2.22. The smallest absolute Gasteiger partial charge is 0.326 e. The van der Waals surface area contributed by atoms with E-state index in [2.05, 4.69) is 0 Å². The van der Waals surface area contributed by atoms with Crippen LogP contribution in [0.4, 0.5) is 0 Å². The van der Waals surface area contributed by atoms with Crippen molar-refractivity contribution in [3.05, 3.63) is 34.3 Å². The first kappa shape index (κ1) is 14.9. The Kier molecular flexibility index (Phi) is 4.65. The van der Waals surface area contributed by atoms with E-state index in [9.17, 15) is 9.59 Å². The molecular formula is C15H18ClNO3. The van der Waals surface area contributed by atoms with Crippen LogP contribution in [0.5, 0.6) is 0 Å². The Balaban J connectivity index is 1.94. The normalized spacial score (nSPS) is 18.3. The SMILES string of the molecule is Cc1ccc(CCC(=O)N2CCCC2C(=O)O)cc1Cl.